The molecule has 0 aromatic carbocycles. The Morgan fingerprint density at radius 1 is 1.57 bits per heavy atom. The average molecular weight is 210 g/mol. The van der Waals surface area contributed by atoms with Crippen LogP contribution in [0.4, 0.5) is 0 Å². The predicted octanol–water partition coefficient (Wildman–Crippen LogP) is 3.25. The molecular weight excluding hydrogens is 192 g/mol. The topological polar surface area (TPSA) is 20.7 Å². The summed E-state index contributed by atoms with van der Waals surface area (Å²) in [5.74, 6) is 0.815. The second kappa shape index (κ2) is 3.23. The van der Waals surface area contributed by atoms with Crippen molar-refractivity contribution in [2.24, 2.45) is 5.92 Å². The smallest absolute Gasteiger partial charge is 0.177 e. The third-order valence-corrected chi connectivity index (χ3v) is 3.67. The van der Waals surface area contributed by atoms with Crippen LogP contribution in [0.3, 0.4) is 0 Å². The summed E-state index contributed by atoms with van der Waals surface area (Å²) in [5.41, 5.74) is 1.52. The lowest BCUT2D eigenvalue weighted by atomic mass is 9.98. The summed E-state index contributed by atoms with van der Waals surface area (Å²) in [6.45, 7) is 6.78. The average Bonchev–Trinajstić information content (AvgIpc) is 2.90. The van der Waals surface area contributed by atoms with Crippen LogP contribution in [-0.2, 0) is 12.0 Å². The monoisotopic (exact) mass is 210 g/mol. The van der Waals surface area contributed by atoms with Crippen LogP contribution in [0.5, 0.6) is 0 Å². The first kappa shape index (κ1) is 9.97. The van der Waals surface area contributed by atoms with Crippen LogP contribution < -0.4 is 0 Å². The molecular formula is C11H18N2S. The van der Waals surface area contributed by atoms with Gasteiger partial charge in [0.05, 0.1) is 0 Å². The molecule has 0 radical (unpaired) electrons. The summed E-state index contributed by atoms with van der Waals surface area (Å²) >= 11 is 5.34. The Morgan fingerprint density at radius 2 is 2.21 bits per heavy atom. The Morgan fingerprint density at radius 3 is 2.71 bits per heavy atom. The number of aromatic nitrogens is 2. The van der Waals surface area contributed by atoms with Crippen molar-refractivity contribution in [2.75, 3.05) is 0 Å². The highest BCUT2D eigenvalue weighted by Gasteiger charge is 2.40. The van der Waals surface area contributed by atoms with Gasteiger partial charge in [0.1, 0.15) is 0 Å². The zero-order valence-corrected chi connectivity index (χ0v) is 9.95. The summed E-state index contributed by atoms with van der Waals surface area (Å²) in [7, 11) is 0. The summed E-state index contributed by atoms with van der Waals surface area (Å²) in [5, 5.41) is 0. The first-order valence-electron chi connectivity index (χ1n) is 5.37. The minimum Gasteiger partial charge on any atom is -0.337 e. The highest BCUT2D eigenvalue weighted by atomic mass is 32.1. The first-order valence-corrected chi connectivity index (χ1v) is 5.78. The molecule has 0 spiro atoms. The molecule has 1 saturated carbocycles. The van der Waals surface area contributed by atoms with E-state index >= 15 is 0 Å². The number of rotatable bonds is 3. The van der Waals surface area contributed by atoms with Gasteiger partial charge in [-0.2, -0.15) is 0 Å². The molecule has 0 saturated heterocycles. The number of aromatic amines is 1. The molecule has 2 rings (SSSR count). The fraction of sp³-hybridized carbons (Fsp3) is 0.727. The van der Waals surface area contributed by atoms with Crippen molar-refractivity contribution in [2.45, 2.75) is 45.6 Å². The van der Waals surface area contributed by atoms with Crippen molar-refractivity contribution in [1.82, 2.24) is 9.55 Å². The minimum absolute atomic E-state index is 0.197. The van der Waals surface area contributed by atoms with E-state index in [2.05, 4.69) is 30.3 Å². The number of hydrogen-bond acceptors (Lipinski definition) is 1. The van der Waals surface area contributed by atoms with Gasteiger partial charge in [0, 0.05) is 17.4 Å². The Bertz CT molecular complexity index is 382. The van der Waals surface area contributed by atoms with Gasteiger partial charge in [0.25, 0.3) is 0 Å². The van der Waals surface area contributed by atoms with Crippen molar-refractivity contribution in [3.8, 4) is 0 Å². The Balaban J connectivity index is 2.47. The highest BCUT2D eigenvalue weighted by molar-refractivity contribution is 7.71. The zero-order valence-electron chi connectivity index (χ0n) is 9.13. The van der Waals surface area contributed by atoms with Crippen LogP contribution >= 0.6 is 12.2 Å². The largest absolute Gasteiger partial charge is 0.337 e. The molecule has 1 aromatic rings. The molecule has 2 nitrogen and oxygen atoms in total. The number of aryl methyl sites for hydroxylation is 1. The molecule has 1 aliphatic carbocycles. The lowest BCUT2D eigenvalue weighted by molar-refractivity contribution is 0.293. The van der Waals surface area contributed by atoms with Crippen molar-refractivity contribution in [1.29, 1.82) is 0 Å². The molecule has 3 heteroatoms. The van der Waals surface area contributed by atoms with E-state index in [1.807, 2.05) is 6.20 Å². The summed E-state index contributed by atoms with van der Waals surface area (Å²) in [6.07, 6.45) is 5.79. The second-order valence-electron chi connectivity index (χ2n) is 4.70. The van der Waals surface area contributed by atoms with E-state index < -0.39 is 0 Å². The van der Waals surface area contributed by atoms with Gasteiger partial charge in [-0.1, -0.05) is 6.92 Å². The van der Waals surface area contributed by atoms with Gasteiger partial charge in [-0.3, -0.25) is 0 Å². The second-order valence-corrected chi connectivity index (χ2v) is 5.09. The Kier molecular flexibility index (Phi) is 2.30. The van der Waals surface area contributed by atoms with E-state index in [-0.39, 0.29) is 5.54 Å². The van der Waals surface area contributed by atoms with Crippen molar-refractivity contribution in [3.63, 3.8) is 0 Å². The first-order chi connectivity index (χ1) is 6.57. The van der Waals surface area contributed by atoms with Gasteiger partial charge >= 0.3 is 0 Å². The van der Waals surface area contributed by atoms with Gasteiger partial charge in [-0.25, -0.2) is 0 Å². The van der Waals surface area contributed by atoms with Crippen LogP contribution in [0.15, 0.2) is 6.20 Å². The quantitative estimate of drug-likeness (QED) is 0.759. The van der Waals surface area contributed by atoms with E-state index in [1.165, 1.54) is 18.5 Å². The van der Waals surface area contributed by atoms with E-state index in [4.69, 9.17) is 12.2 Å². The van der Waals surface area contributed by atoms with Gasteiger partial charge in [-0.05, 0) is 51.2 Å². The molecule has 1 N–H and O–H groups in total. The fourth-order valence-electron chi connectivity index (χ4n) is 2.27. The third-order valence-electron chi connectivity index (χ3n) is 3.37. The lowest BCUT2D eigenvalue weighted by Crippen LogP contribution is -2.30. The lowest BCUT2D eigenvalue weighted by Gasteiger charge is -2.28. The molecule has 1 heterocycles. The van der Waals surface area contributed by atoms with E-state index in [1.54, 1.807) is 0 Å². The van der Waals surface area contributed by atoms with Crippen LogP contribution in [0, 0.1) is 10.7 Å². The summed E-state index contributed by atoms with van der Waals surface area (Å²) in [4.78, 5) is 3.15. The van der Waals surface area contributed by atoms with Crippen LogP contribution in [0.2, 0.25) is 0 Å². The molecule has 0 amide bonds. The molecule has 0 atom stereocenters. The Labute approximate surface area is 90.3 Å². The van der Waals surface area contributed by atoms with Gasteiger partial charge in [0.2, 0.25) is 0 Å². The maximum absolute atomic E-state index is 5.34. The maximum atomic E-state index is 5.34. The number of H-pyrrole nitrogens is 1. The zero-order chi connectivity index (χ0) is 10.3. The van der Waals surface area contributed by atoms with Gasteiger partial charge in [0.15, 0.2) is 4.77 Å². The van der Waals surface area contributed by atoms with Crippen LogP contribution in [0.25, 0.3) is 0 Å². The standard InChI is InChI=1S/C11H18N2S/c1-4-9-7-12-10(14)13(9)11(2,3)8-5-6-8/h7-8H,4-6H2,1-3H3,(H,12,14). The van der Waals surface area contributed by atoms with Crippen molar-refractivity contribution < 1.29 is 0 Å². The number of nitrogens with one attached hydrogen (secondary N) is 1. The van der Waals surface area contributed by atoms with Crippen LogP contribution in [-0.4, -0.2) is 9.55 Å². The molecule has 0 aliphatic heterocycles. The molecule has 78 valence electrons. The molecule has 1 aliphatic rings. The number of imidazole rings is 1. The van der Waals surface area contributed by atoms with E-state index in [0.717, 1.165) is 17.1 Å². The summed E-state index contributed by atoms with van der Waals surface area (Å²) < 4.78 is 3.18. The van der Waals surface area contributed by atoms with Crippen LogP contribution in [0.1, 0.15) is 39.3 Å². The van der Waals surface area contributed by atoms with Crippen molar-refractivity contribution >= 4 is 12.2 Å². The maximum Gasteiger partial charge on any atom is 0.177 e. The summed E-state index contributed by atoms with van der Waals surface area (Å²) in [6, 6.07) is 0. The van der Waals surface area contributed by atoms with Gasteiger partial charge in [-0.15, -0.1) is 0 Å². The number of hydrogen-bond donors (Lipinski definition) is 1. The predicted molar refractivity (Wildman–Crippen MR) is 61.0 cm³/mol. The third kappa shape index (κ3) is 1.44. The van der Waals surface area contributed by atoms with Crippen molar-refractivity contribution in [3.05, 3.63) is 16.7 Å². The van der Waals surface area contributed by atoms with E-state index in [0.29, 0.717) is 0 Å². The number of nitrogens with zero attached hydrogens (tertiary/aromatic N) is 1. The SMILES string of the molecule is CCc1c[nH]c(=S)n1C(C)(C)C1CC1. The normalized spacial score (nSPS) is 17.4. The molecule has 1 aromatic heterocycles. The minimum atomic E-state index is 0.197. The molecule has 14 heavy (non-hydrogen) atoms. The highest BCUT2D eigenvalue weighted by Crippen LogP contribution is 2.44. The molecule has 0 unspecified atom stereocenters. The van der Waals surface area contributed by atoms with Gasteiger partial charge < -0.3 is 9.55 Å². The fourth-order valence-corrected chi connectivity index (χ4v) is 2.68. The Hall–Kier alpha value is -0.570. The molecule has 1 fully saturated rings. The van der Waals surface area contributed by atoms with E-state index in [9.17, 15) is 0 Å². The molecule has 0 bridgehead atoms.